The number of hydrogen-bond donors (Lipinski definition) is 2. The van der Waals surface area contributed by atoms with Gasteiger partial charge in [-0.25, -0.2) is 9.37 Å². The second-order valence-electron chi connectivity index (χ2n) is 9.42. The summed E-state index contributed by atoms with van der Waals surface area (Å²) in [5.74, 6) is -1.61. The van der Waals surface area contributed by atoms with Crippen LogP contribution in [0.4, 0.5) is 10.1 Å². The van der Waals surface area contributed by atoms with E-state index in [0.29, 0.717) is 32.7 Å². The van der Waals surface area contributed by atoms with Crippen LogP contribution >= 0.6 is 11.3 Å². The van der Waals surface area contributed by atoms with E-state index in [2.05, 4.69) is 5.27 Å². The average Bonchev–Trinajstić information content (AvgIpc) is 3.56. The molecule has 0 aliphatic rings. The van der Waals surface area contributed by atoms with Crippen molar-refractivity contribution in [3.05, 3.63) is 120 Å². The lowest BCUT2D eigenvalue weighted by molar-refractivity contribution is -0.672. The first-order chi connectivity index (χ1) is 20.0. The quantitative estimate of drug-likeness (QED) is 0.179. The zero-order valence-corrected chi connectivity index (χ0v) is 22.1. The molecule has 7 aromatic rings. The molecule has 7 nitrogen and oxygen atoms in total. The van der Waals surface area contributed by atoms with E-state index in [-0.39, 0.29) is 16.3 Å². The Balaban J connectivity index is 1.48. The summed E-state index contributed by atoms with van der Waals surface area (Å²) in [6, 6.07) is 30.9. The van der Waals surface area contributed by atoms with Gasteiger partial charge in [0.25, 0.3) is 5.78 Å². The molecule has 3 heterocycles. The number of fused-ring (bicyclic) bond motifs is 2. The van der Waals surface area contributed by atoms with Gasteiger partial charge in [-0.2, -0.15) is 0 Å². The van der Waals surface area contributed by atoms with Gasteiger partial charge in [-0.1, -0.05) is 72.8 Å². The number of hydrogen-bond acceptors (Lipinski definition) is 7. The number of halogens is 1. The topological polar surface area (TPSA) is 106 Å². The molecule has 41 heavy (non-hydrogen) atoms. The van der Waals surface area contributed by atoms with Crippen molar-refractivity contribution < 1.29 is 23.5 Å². The molecule has 3 aromatic heterocycles. The van der Waals surface area contributed by atoms with Crippen LogP contribution < -0.4 is 10.4 Å². The molecule has 0 unspecified atom stereocenters. The largest absolute Gasteiger partial charge is 0.474 e. The maximum Gasteiger partial charge on any atom is 0.393 e. The minimum absolute atomic E-state index is 0.156. The molecule has 4 aromatic carbocycles. The first-order valence-electron chi connectivity index (χ1n) is 12.7. The highest BCUT2D eigenvalue weighted by Gasteiger charge is 2.37. The van der Waals surface area contributed by atoms with Crippen LogP contribution in [0.5, 0.6) is 5.95 Å². The molecule has 9 heteroatoms. The van der Waals surface area contributed by atoms with Crippen molar-refractivity contribution in [2.45, 2.75) is 0 Å². The molecule has 0 aliphatic carbocycles. The minimum atomic E-state index is -0.634. The van der Waals surface area contributed by atoms with Crippen LogP contribution in [0.1, 0.15) is 15.4 Å². The van der Waals surface area contributed by atoms with Crippen LogP contribution in [0.15, 0.2) is 108 Å². The van der Waals surface area contributed by atoms with E-state index in [1.807, 2.05) is 54.6 Å². The number of nitrogen functional groups attached to an aromatic ring is 1. The van der Waals surface area contributed by atoms with Crippen molar-refractivity contribution >= 4 is 43.8 Å². The van der Waals surface area contributed by atoms with Gasteiger partial charge in [0.15, 0.2) is 0 Å². The predicted octanol–water partition coefficient (Wildman–Crippen LogP) is 6.71. The number of ketones is 1. The summed E-state index contributed by atoms with van der Waals surface area (Å²) in [6.45, 7) is 0. The fraction of sp³-hybridized carbons (Fsp3) is 0. The first-order valence-corrected chi connectivity index (χ1v) is 13.5. The van der Waals surface area contributed by atoms with Crippen LogP contribution in [-0.2, 0) is 0 Å². The number of carbonyl (C=O) groups is 1. The number of benzene rings is 4. The first kappa shape index (κ1) is 24.6. The van der Waals surface area contributed by atoms with E-state index in [1.165, 1.54) is 16.8 Å². The highest BCUT2D eigenvalue weighted by atomic mass is 32.1. The van der Waals surface area contributed by atoms with E-state index in [1.54, 1.807) is 36.4 Å². The number of nitrogens with two attached hydrogens (primary N) is 1. The molecule has 198 valence electrons. The summed E-state index contributed by atoms with van der Waals surface area (Å²) in [5, 5.41) is 16.9. The van der Waals surface area contributed by atoms with Crippen molar-refractivity contribution in [1.82, 2.24) is 10.3 Å². The van der Waals surface area contributed by atoms with Gasteiger partial charge in [0, 0.05) is 27.8 Å². The Bertz CT molecular complexity index is 2120. The molecule has 0 amide bonds. The fourth-order valence-electron chi connectivity index (χ4n) is 5.06. The number of aromatic hydroxyl groups is 1. The van der Waals surface area contributed by atoms with Crippen molar-refractivity contribution in [1.29, 1.82) is 0 Å². The SMILES string of the molecule is Nc1c(C(=O)c2c(O)on[n+]2-c2ccccc2)sc2nc(-c3cccc4ccccc34)cc(-c3cccc(F)c3)c12. The summed E-state index contributed by atoms with van der Waals surface area (Å²) in [6.07, 6.45) is 0. The molecular weight excluding hydrogens is 539 g/mol. The molecule has 0 saturated heterocycles. The van der Waals surface area contributed by atoms with E-state index < -0.39 is 17.5 Å². The Hall–Kier alpha value is -5.41. The Kier molecular flexibility index (Phi) is 5.80. The van der Waals surface area contributed by atoms with Gasteiger partial charge >= 0.3 is 11.6 Å². The molecule has 0 atom stereocenters. The molecular formula is C32H20FN4O3S+. The summed E-state index contributed by atoms with van der Waals surface area (Å²) < 4.78 is 20.6. The number of rotatable bonds is 5. The fourth-order valence-corrected chi connectivity index (χ4v) is 6.12. The Labute approximate surface area is 236 Å². The number of thiophene rings is 1. The van der Waals surface area contributed by atoms with Crippen molar-refractivity contribution in [3.63, 3.8) is 0 Å². The number of para-hydroxylation sites is 1. The molecule has 0 saturated carbocycles. The minimum Gasteiger partial charge on any atom is -0.474 e. The number of nitrogens with zero attached hydrogens (tertiary/aromatic N) is 3. The third-order valence-corrected chi connectivity index (χ3v) is 8.04. The summed E-state index contributed by atoms with van der Waals surface area (Å²) >= 11 is 1.10. The van der Waals surface area contributed by atoms with E-state index in [4.69, 9.17) is 15.2 Å². The lowest BCUT2D eigenvalue weighted by Crippen LogP contribution is -2.38. The van der Waals surface area contributed by atoms with Crippen molar-refractivity contribution in [2.24, 2.45) is 0 Å². The highest BCUT2D eigenvalue weighted by molar-refractivity contribution is 7.21. The Morgan fingerprint density at radius 3 is 2.49 bits per heavy atom. The van der Waals surface area contributed by atoms with E-state index >= 15 is 0 Å². The highest BCUT2D eigenvalue weighted by Crippen LogP contribution is 2.43. The van der Waals surface area contributed by atoms with Crippen LogP contribution in [-0.4, -0.2) is 21.1 Å². The lowest BCUT2D eigenvalue weighted by Gasteiger charge is -2.11. The second-order valence-corrected chi connectivity index (χ2v) is 10.4. The number of aromatic nitrogens is 3. The maximum absolute atomic E-state index is 14.4. The van der Waals surface area contributed by atoms with Crippen molar-refractivity contribution in [2.75, 3.05) is 5.73 Å². The Morgan fingerprint density at radius 1 is 0.902 bits per heavy atom. The van der Waals surface area contributed by atoms with Crippen LogP contribution in [0.3, 0.4) is 0 Å². The van der Waals surface area contributed by atoms with Gasteiger partial charge in [-0.05, 0) is 40.1 Å². The maximum atomic E-state index is 14.4. The molecule has 0 fully saturated rings. The summed E-state index contributed by atoms with van der Waals surface area (Å²) in [5.41, 5.74) is 9.95. The van der Waals surface area contributed by atoms with Gasteiger partial charge in [0.05, 0.1) is 11.4 Å². The van der Waals surface area contributed by atoms with Gasteiger partial charge in [-0.15, -0.1) is 11.3 Å². The van der Waals surface area contributed by atoms with Crippen LogP contribution in [0, 0.1) is 5.82 Å². The molecule has 0 bridgehead atoms. The monoisotopic (exact) mass is 559 g/mol. The van der Waals surface area contributed by atoms with E-state index in [0.717, 1.165) is 27.7 Å². The zero-order valence-electron chi connectivity index (χ0n) is 21.3. The normalized spacial score (nSPS) is 11.3. The summed E-state index contributed by atoms with van der Waals surface area (Å²) in [7, 11) is 0. The molecule has 0 spiro atoms. The molecule has 7 rings (SSSR count). The smallest absolute Gasteiger partial charge is 0.393 e. The zero-order chi connectivity index (χ0) is 28.1. The van der Waals surface area contributed by atoms with Crippen molar-refractivity contribution in [3.8, 4) is 34.0 Å². The standard InChI is InChI=1S/C32H19FN4O3S/c33-20-11-6-10-19(16-20)24-17-25(23-15-7-9-18-8-4-5-14-22(18)23)35-31-26(24)27(34)30(41-31)29(38)28-32(39)40-36-37(28)21-12-2-1-3-13-21/h1-17H,(H2-,34,36,38,39)/p+1. The number of pyridine rings is 1. The van der Waals surface area contributed by atoms with Crippen LogP contribution in [0.25, 0.3) is 49.1 Å². The number of anilines is 1. The third-order valence-electron chi connectivity index (χ3n) is 6.95. The second kappa shape index (κ2) is 9.65. The van der Waals surface area contributed by atoms with Gasteiger partial charge in [0.1, 0.15) is 15.5 Å². The third kappa shape index (κ3) is 4.11. The molecule has 3 N–H and O–H groups in total. The molecule has 0 aliphatic heterocycles. The van der Waals surface area contributed by atoms with Gasteiger partial charge < -0.3 is 10.8 Å². The molecule has 0 radical (unpaired) electrons. The Morgan fingerprint density at radius 2 is 1.66 bits per heavy atom. The van der Waals surface area contributed by atoms with Gasteiger partial charge in [0.2, 0.25) is 11.0 Å². The predicted molar refractivity (Wildman–Crippen MR) is 156 cm³/mol. The lowest BCUT2D eigenvalue weighted by atomic mass is 9.97. The van der Waals surface area contributed by atoms with Gasteiger partial charge in [-0.3, -0.25) is 9.32 Å². The van der Waals surface area contributed by atoms with Crippen LogP contribution in [0.2, 0.25) is 0 Å². The van der Waals surface area contributed by atoms with E-state index in [9.17, 15) is 14.3 Å². The average molecular weight is 560 g/mol. The number of carbonyl (C=O) groups excluding carboxylic acids is 1. The summed E-state index contributed by atoms with van der Waals surface area (Å²) in [4.78, 5) is 19.5.